The largest absolute Gasteiger partial charge is 0.433 e. The number of hydrazone groups is 1. The lowest BCUT2D eigenvalue weighted by Gasteiger charge is -2.33. The second kappa shape index (κ2) is 6.09. The molecule has 0 amide bonds. The number of aliphatic imine (C=N–C) groups is 2. The summed E-state index contributed by atoms with van der Waals surface area (Å²) in [6.07, 6.45) is 1.38. The van der Waals surface area contributed by atoms with Gasteiger partial charge in [0.15, 0.2) is 17.3 Å². The molecule has 1 unspecified atom stereocenters. The highest BCUT2D eigenvalue weighted by Crippen LogP contribution is 2.39. The summed E-state index contributed by atoms with van der Waals surface area (Å²) in [7, 11) is 0. The van der Waals surface area contributed by atoms with Crippen molar-refractivity contribution < 1.29 is 9.34 Å². The number of rotatable bonds is 3. The van der Waals surface area contributed by atoms with Gasteiger partial charge in [-0.1, -0.05) is 41.5 Å². The summed E-state index contributed by atoms with van der Waals surface area (Å²) in [6, 6.07) is 2.77. The van der Waals surface area contributed by atoms with E-state index in [0.717, 1.165) is 5.71 Å². The first-order chi connectivity index (χ1) is 11.3. The minimum atomic E-state index is -0.592. The predicted molar refractivity (Wildman–Crippen MR) is 98.3 cm³/mol. The van der Waals surface area contributed by atoms with Crippen molar-refractivity contribution in [3.8, 4) is 0 Å². The van der Waals surface area contributed by atoms with Crippen molar-refractivity contribution in [1.82, 2.24) is 5.43 Å². The van der Waals surface area contributed by atoms with Crippen molar-refractivity contribution in [2.75, 3.05) is 0 Å². The van der Waals surface area contributed by atoms with Gasteiger partial charge in [0.2, 0.25) is 0 Å². The minimum Gasteiger partial charge on any atom is -0.400 e. The molecule has 25 heavy (non-hydrogen) atoms. The number of nitrogens with one attached hydrogen (secondary N) is 1. The number of amidine groups is 1. The predicted octanol–water partition coefficient (Wildman–Crippen LogP) is 3.77. The highest BCUT2D eigenvalue weighted by molar-refractivity contribution is 6.44. The van der Waals surface area contributed by atoms with Crippen LogP contribution in [0.5, 0.6) is 0 Å². The highest BCUT2D eigenvalue weighted by atomic mass is 16.6. The quantitative estimate of drug-likeness (QED) is 0.510. The van der Waals surface area contributed by atoms with E-state index in [2.05, 4.69) is 52.1 Å². The molecule has 1 N–H and O–H groups in total. The van der Waals surface area contributed by atoms with Gasteiger partial charge >= 0.3 is 5.88 Å². The molecule has 0 saturated heterocycles. The molecule has 0 fully saturated rings. The van der Waals surface area contributed by atoms with Crippen LogP contribution in [0.25, 0.3) is 0 Å². The van der Waals surface area contributed by atoms with E-state index < -0.39 is 10.6 Å². The second-order valence-electron chi connectivity index (χ2n) is 8.24. The zero-order valence-corrected chi connectivity index (χ0v) is 15.7. The Bertz CT molecular complexity index is 762. The third kappa shape index (κ3) is 3.94. The first-order valence-electron chi connectivity index (χ1n) is 8.07. The summed E-state index contributed by atoms with van der Waals surface area (Å²) in [5.74, 6) is 0.560. The van der Waals surface area contributed by atoms with Crippen molar-refractivity contribution >= 4 is 23.6 Å². The Morgan fingerprint density at radius 3 is 2.36 bits per heavy atom. The normalized spacial score (nSPS) is 21.4. The van der Waals surface area contributed by atoms with Crippen LogP contribution in [0.4, 0.5) is 5.88 Å². The van der Waals surface area contributed by atoms with E-state index in [4.69, 9.17) is 14.4 Å². The van der Waals surface area contributed by atoms with Gasteiger partial charge in [-0.15, -0.1) is 0 Å². The fraction of sp³-hybridized carbons (Fsp3) is 0.588. The first kappa shape index (κ1) is 18.8. The van der Waals surface area contributed by atoms with Gasteiger partial charge in [-0.3, -0.25) is 20.5 Å². The minimum absolute atomic E-state index is 0.154. The molecule has 2 rings (SSSR count). The molecule has 1 aromatic rings. The zero-order chi connectivity index (χ0) is 19.0. The number of hydrogen-bond acceptors (Lipinski definition) is 7. The van der Waals surface area contributed by atoms with Crippen molar-refractivity contribution in [2.24, 2.45) is 25.9 Å². The molecule has 1 aliphatic heterocycles. The Kier molecular flexibility index (Phi) is 4.59. The van der Waals surface area contributed by atoms with Crippen LogP contribution in [0.1, 0.15) is 54.2 Å². The van der Waals surface area contributed by atoms with Crippen LogP contribution in [0.3, 0.4) is 0 Å². The monoisotopic (exact) mass is 347 g/mol. The Balaban J connectivity index is 2.24. The molecule has 1 aromatic heterocycles. The fourth-order valence-electron chi connectivity index (χ4n) is 2.17. The number of hydrogen-bond donors (Lipinski definition) is 1. The third-order valence-electron chi connectivity index (χ3n) is 4.17. The molecular formula is C17H25N5O3. The lowest BCUT2D eigenvalue weighted by atomic mass is 9.82. The molecule has 136 valence electrons. The van der Waals surface area contributed by atoms with Gasteiger partial charge in [-0.2, -0.15) is 5.10 Å². The van der Waals surface area contributed by atoms with E-state index in [1.807, 2.05) is 6.92 Å². The van der Waals surface area contributed by atoms with E-state index in [1.54, 1.807) is 0 Å². The molecular weight excluding hydrogens is 322 g/mol. The molecule has 8 heteroatoms. The summed E-state index contributed by atoms with van der Waals surface area (Å²) in [4.78, 5) is 19.7. The summed E-state index contributed by atoms with van der Waals surface area (Å²) in [5.41, 5.74) is 2.81. The fourth-order valence-corrected chi connectivity index (χ4v) is 2.17. The summed E-state index contributed by atoms with van der Waals surface area (Å²) >= 11 is 0. The number of nitro groups is 1. The van der Waals surface area contributed by atoms with Gasteiger partial charge < -0.3 is 4.42 Å². The van der Waals surface area contributed by atoms with Gasteiger partial charge in [-0.05, 0) is 13.0 Å². The van der Waals surface area contributed by atoms with E-state index >= 15 is 0 Å². The van der Waals surface area contributed by atoms with E-state index in [-0.39, 0.29) is 22.5 Å². The third-order valence-corrected chi connectivity index (χ3v) is 4.17. The average Bonchev–Trinajstić information content (AvgIpc) is 3.03. The van der Waals surface area contributed by atoms with Crippen LogP contribution >= 0.6 is 0 Å². The average molecular weight is 347 g/mol. The molecule has 1 atom stereocenters. The molecule has 0 bridgehead atoms. The van der Waals surface area contributed by atoms with Crippen LogP contribution in [-0.4, -0.2) is 28.3 Å². The van der Waals surface area contributed by atoms with Crippen molar-refractivity contribution in [3.05, 3.63) is 28.0 Å². The Hall–Kier alpha value is -2.51. The Labute approximate surface area is 147 Å². The number of nitrogens with zero attached hydrogens (tertiary/aromatic N) is 4. The number of furan rings is 1. The van der Waals surface area contributed by atoms with E-state index in [1.165, 1.54) is 18.3 Å². The van der Waals surface area contributed by atoms with E-state index in [9.17, 15) is 10.1 Å². The van der Waals surface area contributed by atoms with Crippen molar-refractivity contribution in [1.29, 1.82) is 0 Å². The lowest BCUT2D eigenvalue weighted by molar-refractivity contribution is -0.402. The SMILES string of the molecule is CC(C)(C)C1=NC(C)(C(C)(C)C)N=C1N/N=C/c1ccc([N+](=O)[O-])o1. The maximum atomic E-state index is 10.6. The topological polar surface area (TPSA) is 105 Å². The molecule has 2 heterocycles. The summed E-state index contributed by atoms with van der Waals surface area (Å²) in [6.45, 7) is 14.5. The van der Waals surface area contributed by atoms with Crippen LogP contribution in [0, 0.1) is 20.9 Å². The molecule has 0 saturated carbocycles. The van der Waals surface area contributed by atoms with Crippen molar-refractivity contribution in [3.63, 3.8) is 0 Å². The molecule has 0 radical (unpaired) electrons. The Morgan fingerprint density at radius 2 is 1.88 bits per heavy atom. The molecule has 0 aliphatic carbocycles. The van der Waals surface area contributed by atoms with Crippen LogP contribution < -0.4 is 5.43 Å². The van der Waals surface area contributed by atoms with Gasteiger partial charge in [0, 0.05) is 10.8 Å². The first-order valence-corrected chi connectivity index (χ1v) is 8.07. The van der Waals surface area contributed by atoms with Crippen LogP contribution in [0.2, 0.25) is 0 Å². The maximum Gasteiger partial charge on any atom is 0.433 e. The van der Waals surface area contributed by atoms with Gasteiger partial charge in [0.25, 0.3) is 0 Å². The molecule has 0 aromatic carbocycles. The molecule has 8 nitrogen and oxygen atoms in total. The molecule has 0 spiro atoms. The smallest absolute Gasteiger partial charge is 0.400 e. The van der Waals surface area contributed by atoms with Crippen LogP contribution in [0.15, 0.2) is 31.6 Å². The second-order valence-corrected chi connectivity index (χ2v) is 8.24. The van der Waals surface area contributed by atoms with Gasteiger partial charge in [0.05, 0.1) is 18.0 Å². The van der Waals surface area contributed by atoms with Gasteiger partial charge in [0.1, 0.15) is 4.92 Å². The van der Waals surface area contributed by atoms with Crippen molar-refractivity contribution in [2.45, 2.75) is 54.1 Å². The standard InChI is InChI=1S/C17H25N5O3/c1-15(2,3)13-14(20-17(7,19-13)16(4,5)6)21-18-10-11-8-9-12(25-11)22(23)24/h8-10H,1-7H3,(H,20,21)/b18-10+. The summed E-state index contributed by atoms with van der Waals surface area (Å²) < 4.78 is 5.04. The summed E-state index contributed by atoms with van der Waals surface area (Å²) in [5, 5.41) is 14.7. The van der Waals surface area contributed by atoms with Gasteiger partial charge in [-0.25, -0.2) is 4.99 Å². The Morgan fingerprint density at radius 1 is 1.24 bits per heavy atom. The van der Waals surface area contributed by atoms with E-state index in [0.29, 0.717) is 5.84 Å². The van der Waals surface area contributed by atoms with Crippen LogP contribution in [-0.2, 0) is 0 Å². The zero-order valence-electron chi connectivity index (χ0n) is 15.7. The molecule has 1 aliphatic rings. The maximum absolute atomic E-state index is 10.6. The highest BCUT2D eigenvalue weighted by Gasteiger charge is 2.44. The lowest BCUT2D eigenvalue weighted by Crippen LogP contribution is -2.35.